The van der Waals surface area contributed by atoms with Crippen molar-refractivity contribution in [2.45, 2.75) is 32.7 Å². The molecule has 0 atom stereocenters. The highest BCUT2D eigenvalue weighted by Crippen LogP contribution is 2.28. The van der Waals surface area contributed by atoms with Crippen LogP contribution in [0.1, 0.15) is 24.2 Å². The summed E-state index contributed by atoms with van der Waals surface area (Å²) < 4.78 is 1.94. The number of hydrogen-bond donors (Lipinski definition) is 2. The molecule has 0 aliphatic heterocycles. The molecule has 0 saturated heterocycles. The van der Waals surface area contributed by atoms with Gasteiger partial charge in [0, 0.05) is 24.6 Å². The maximum atomic E-state index is 12.7. The summed E-state index contributed by atoms with van der Waals surface area (Å²) in [5.41, 5.74) is 3.62. The van der Waals surface area contributed by atoms with E-state index in [0.29, 0.717) is 13.0 Å². The molecule has 4 rings (SSSR count). The second kappa shape index (κ2) is 7.84. The number of para-hydroxylation sites is 3. The standard InChI is InChI=1S/C22H24N4O2/c1-15-6-2-3-7-17(15)25-21(27)14-26-19-9-5-4-8-18(19)24-20(26)12-13-23-22(28)16-10-11-16/h2-9,16H,10-14H2,1H3,(H,23,28)(H,25,27). The largest absolute Gasteiger partial charge is 0.355 e. The molecular formula is C22H24N4O2. The third kappa shape index (κ3) is 4.06. The molecule has 1 fully saturated rings. The summed E-state index contributed by atoms with van der Waals surface area (Å²) in [5, 5.41) is 5.95. The predicted octanol–water partition coefficient (Wildman–Crippen LogP) is 3.05. The Balaban J connectivity index is 1.50. The van der Waals surface area contributed by atoms with E-state index < -0.39 is 0 Å². The van der Waals surface area contributed by atoms with Gasteiger partial charge in [0.15, 0.2) is 0 Å². The highest BCUT2D eigenvalue weighted by Gasteiger charge is 2.29. The number of imidazole rings is 1. The Labute approximate surface area is 164 Å². The van der Waals surface area contributed by atoms with E-state index in [1.54, 1.807) is 0 Å². The second-order valence-electron chi connectivity index (χ2n) is 7.28. The van der Waals surface area contributed by atoms with Gasteiger partial charge in [-0.05, 0) is 43.5 Å². The number of nitrogens with zero attached hydrogens (tertiary/aromatic N) is 2. The van der Waals surface area contributed by atoms with Gasteiger partial charge in [-0.3, -0.25) is 9.59 Å². The van der Waals surface area contributed by atoms with Gasteiger partial charge in [-0.2, -0.15) is 0 Å². The molecule has 0 radical (unpaired) electrons. The number of nitrogens with one attached hydrogen (secondary N) is 2. The van der Waals surface area contributed by atoms with Crippen LogP contribution in [0.5, 0.6) is 0 Å². The van der Waals surface area contributed by atoms with E-state index in [4.69, 9.17) is 0 Å². The minimum atomic E-state index is -0.0966. The summed E-state index contributed by atoms with van der Waals surface area (Å²) in [6.45, 7) is 2.68. The van der Waals surface area contributed by atoms with Crippen LogP contribution in [0.25, 0.3) is 11.0 Å². The first kappa shape index (κ1) is 18.2. The molecular weight excluding hydrogens is 352 g/mol. The Kier molecular flexibility index (Phi) is 5.10. The number of rotatable bonds is 7. The first-order valence-corrected chi connectivity index (χ1v) is 9.69. The van der Waals surface area contributed by atoms with Crippen molar-refractivity contribution < 1.29 is 9.59 Å². The van der Waals surface area contributed by atoms with Crippen molar-refractivity contribution in [2.75, 3.05) is 11.9 Å². The fourth-order valence-electron chi connectivity index (χ4n) is 3.33. The lowest BCUT2D eigenvalue weighted by molar-refractivity contribution is -0.122. The summed E-state index contributed by atoms with van der Waals surface area (Å²) in [4.78, 5) is 29.2. The van der Waals surface area contributed by atoms with Gasteiger partial charge in [-0.15, -0.1) is 0 Å². The molecule has 2 aromatic carbocycles. The normalized spacial score (nSPS) is 13.5. The molecule has 1 heterocycles. The number of hydrogen-bond acceptors (Lipinski definition) is 3. The summed E-state index contributed by atoms with van der Waals surface area (Å²) in [5.74, 6) is 1.02. The molecule has 6 heteroatoms. The van der Waals surface area contributed by atoms with Crippen LogP contribution in [-0.2, 0) is 22.6 Å². The van der Waals surface area contributed by atoms with Crippen LogP contribution in [0.15, 0.2) is 48.5 Å². The molecule has 6 nitrogen and oxygen atoms in total. The van der Waals surface area contributed by atoms with Crippen molar-refractivity contribution in [2.24, 2.45) is 5.92 Å². The predicted molar refractivity (Wildman–Crippen MR) is 109 cm³/mol. The summed E-state index contributed by atoms with van der Waals surface area (Å²) >= 11 is 0. The van der Waals surface area contributed by atoms with E-state index in [1.165, 1.54) is 0 Å². The van der Waals surface area contributed by atoms with E-state index in [2.05, 4.69) is 15.6 Å². The lowest BCUT2D eigenvalue weighted by Gasteiger charge is -2.12. The van der Waals surface area contributed by atoms with Gasteiger partial charge in [-0.25, -0.2) is 4.98 Å². The zero-order valence-corrected chi connectivity index (χ0v) is 15.9. The van der Waals surface area contributed by atoms with E-state index in [1.807, 2.05) is 60.0 Å². The molecule has 1 aliphatic rings. The number of aryl methyl sites for hydroxylation is 1. The van der Waals surface area contributed by atoms with E-state index in [-0.39, 0.29) is 24.3 Å². The van der Waals surface area contributed by atoms with Crippen molar-refractivity contribution in [3.05, 3.63) is 59.9 Å². The van der Waals surface area contributed by atoms with Crippen molar-refractivity contribution in [3.63, 3.8) is 0 Å². The number of carbonyl (C=O) groups excluding carboxylic acids is 2. The number of amides is 2. The van der Waals surface area contributed by atoms with Gasteiger partial charge in [0.05, 0.1) is 11.0 Å². The van der Waals surface area contributed by atoms with Crippen LogP contribution in [-0.4, -0.2) is 27.9 Å². The van der Waals surface area contributed by atoms with E-state index >= 15 is 0 Å². The lowest BCUT2D eigenvalue weighted by Crippen LogP contribution is -2.28. The Morgan fingerprint density at radius 1 is 1.11 bits per heavy atom. The van der Waals surface area contributed by atoms with Gasteiger partial charge in [0.2, 0.25) is 11.8 Å². The minimum absolute atomic E-state index is 0.0966. The number of aromatic nitrogens is 2. The molecule has 1 aromatic heterocycles. The molecule has 144 valence electrons. The molecule has 0 unspecified atom stereocenters. The van der Waals surface area contributed by atoms with Crippen LogP contribution < -0.4 is 10.6 Å². The fraction of sp³-hybridized carbons (Fsp3) is 0.318. The van der Waals surface area contributed by atoms with Crippen LogP contribution in [0.3, 0.4) is 0 Å². The average Bonchev–Trinajstić information content (AvgIpc) is 3.48. The van der Waals surface area contributed by atoms with Gasteiger partial charge >= 0.3 is 0 Å². The lowest BCUT2D eigenvalue weighted by atomic mass is 10.2. The first-order chi connectivity index (χ1) is 13.6. The first-order valence-electron chi connectivity index (χ1n) is 9.69. The van der Waals surface area contributed by atoms with Gasteiger partial charge < -0.3 is 15.2 Å². The number of benzene rings is 2. The summed E-state index contributed by atoms with van der Waals surface area (Å²) in [6.07, 6.45) is 2.57. The quantitative estimate of drug-likeness (QED) is 0.665. The van der Waals surface area contributed by atoms with Crippen molar-refractivity contribution in [3.8, 4) is 0 Å². The van der Waals surface area contributed by atoms with Crippen molar-refractivity contribution in [1.82, 2.24) is 14.9 Å². The van der Waals surface area contributed by atoms with Crippen LogP contribution in [0.2, 0.25) is 0 Å². The molecule has 0 spiro atoms. The number of carbonyl (C=O) groups is 2. The Morgan fingerprint density at radius 2 is 1.86 bits per heavy atom. The molecule has 3 aromatic rings. The monoisotopic (exact) mass is 376 g/mol. The maximum Gasteiger partial charge on any atom is 0.244 e. The van der Waals surface area contributed by atoms with Crippen LogP contribution in [0.4, 0.5) is 5.69 Å². The molecule has 0 bridgehead atoms. The van der Waals surface area contributed by atoms with E-state index in [0.717, 1.165) is 41.0 Å². The van der Waals surface area contributed by atoms with Crippen molar-refractivity contribution >= 4 is 28.5 Å². The van der Waals surface area contributed by atoms with Gasteiger partial charge in [0.1, 0.15) is 12.4 Å². The smallest absolute Gasteiger partial charge is 0.244 e. The second-order valence-corrected chi connectivity index (χ2v) is 7.28. The topological polar surface area (TPSA) is 76.0 Å². The van der Waals surface area contributed by atoms with Crippen molar-refractivity contribution in [1.29, 1.82) is 0 Å². The SMILES string of the molecule is Cc1ccccc1NC(=O)Cn1c(CCNC(=O)C2CC2)nc2ccccc21. The highest BCUT2D eigenvalue weighted by molar-refractivity contribution is 5.92. The number of anilines is 1. The molecule has 2 N–H and O–H groups in total. The molecule has 2 amide bonds. The zero-order valence-electron chi connectivity index (χ0n) is 15.9. The van der Waals surface area contributed by atoms with Crippen LogP contribution >= 0.6 is 0 Å². The highest BCUT2D eigenvalue weighted by atomic mass is 16.2. The Morgan fingerprint density at radius 3 is 2.64 bits per heavy atom. The fourth-order valence-corrected chi connectivity index (χ4v) is 3.33. The third-order valence-electron chi connectivity index (χ3n) is 5.05. The third-order valence-corrected chi connectivity index (χ3v) is 5.05. The summed E-state index contributed by atoms with van der Waals surface area (Å²) in [7, 11) is 0. The molecule has 1 aliphatic carbocycles. The Hall–Kier alpha value is -3.15. The zero-order chi connectivity index (χ0) is 19.5. The minimum Gasteiger partial charge on any atom is -0.355 e. The average molecular weight is 376 g/mol. The molecule has 28 heavy (non-hydrogen) atoms. The molecule has 1 saturated carbocycles. The van der Waals surface area contributed by atoms with Gasteiger partial charge in [-0.1, -0.05) is 30.3 Å². The van der Waals surface area contributed by atoms with Crippen LogP contribution in [0, 0.1) is 12.8 Å². The Bertz CT molecular complexity index is 1020. The van der Waals surface area contributed by atoms with E-state index in [9.17, 15) is 9.59 Å². The van der Waals surface area contributed by atoms with Gasteiger partial charge in [0.25, 0.3) is 0 Å². The number of fused-ring (bicyclic) bond motifs is 1. The summed E-state index contributed by atoms with van der Waals surface area (Å²) in [6, 6.07) is 15.5. The maximum absolute atomic E-state index is 12.7.